The zero-order chi connectivity index (χ0) is 23.1. The zero-order valence-electron chi connectivity index (χ0n) is 16.7. The summed E-state index contributed by atoms with van der Waals surface area (Å²) in [5.41, 5.74) is 2.17. The lowest BCUT2D eigenvalue weighted by atomic mass is 10.1. The summed E-state index contributed by atoms with van der Waals surface area (Å²) in [7, 11) is 0. The SMILES string of the molecule is O=C(c1nc(-c2ccncc2)no1)c1c(Cl)n(Cc2ccc(Cl)cc2Cl)c2ccc(O)cc12. The number of aromatic nitrogens is 4. The van der Waals surface area contributed by atoms with Crippen molar-refractivity contribution in [1.82, 2.24) is 19.7 Å². The fraction of sp³-hybridized carbons (Fsp3) is 0.0435. The quantitative estimate of drug-likeness (QED) is 0.297. The Bertz CT molecular complexity index is 1510. The van der Waals surface area contributed by atoms with Gasteiger partial charge in [0, 0.05) is 33.4 Å². The predicted molar refractivity (Wildman–Crippen MR) is 125 cm³/mol. The molecule has 0 spiro atoms. The molecule has 0 fully saturated rings. The molecule has 5 aromatic rings. The molecule has 3 heterocycles. The van der Waals surface area contributed by atoms with E-state index in [1.54, 1.807) is 53.4 Å². The second kappa shape index (κ2) is 8.51. The van der Waals surface area contributed by atoms with Gasteiger partial charge in [-0.1, -0.05) is 46.0 Å². The molecule has 0 unspecified atom stereocenters. The molecule has 0 amide bonds. The molecule has 5 rings (SSSR count). The van der Waals surface area contributed by atoms with E-state index in [1.165, 1.54) is 12.1 Å². The summed E-state index contributed by atoms with van der Waals surface area (Å²) in [6.45, 7) is 0.273. The standard InChI is InChI=1S/C23H13Cl3N4O3/c24-14-2-1-13(17(25)9-14)11-30-18-4-3-15(31)10-16(18)19(21(30)26)20(32)23-28-22(29-33-23)12-5-7-27-8-6-12/h1-10,31H,11H2. The van der Waals surface area contributed by atoms with Gasteiger partial charge < -0.3 is 14.2 Å². The van der Waals surface area contributed by atoms with Gasteiger partial charge in [0.1, 0.15) is 10.9 Å². The number of aromatic hydroxyl groups is 1. The van der Waals surface area contributed by atoms with E-state index < -0.39 is 5.78 Å². The van der Waals surface area contributed by atoms with Gasteiger partial charge >= 0.3 is 0 Å². The van der Waals surface area contributed by atoms with Crippen molar-refractivity contribution >= 4 is 51.5 Å². The number of hydrogen-bond donors (Lipinski definition) is 1. The van der Waals surface area contributed by atoms with Gasteiger partial charge in [0.05, 0.1) is 17.6 Å². The number of fused-ring (bicyclic) bond motifs is 1. The van der Waals surface area contributed by atoms with E-state index in [4.69, 9.17) is 39.3 Å². The maximum atomic E-state index is 13.4. The molecule has 2 aromatic carbocycles. The molecule has 0 saturated heterocycles. The normalized spacial score (nSPS) is 11.2. The van der Waals surface area contributed by atoms with Crippen LogP contribution in [0.1, 0.15) is 21.8 Å². The van der Waals surface area contributed by atoms with Crippen LogP contribution in [-0.4, -0.2) is 30.6 Å². The summed E-state index contributed by atoms with van der Waals surface area (Å²) in [6.07, 6.45) is 3.17. The van der Waals surface area contributed by atoms with Crippen molar-refractivity contribution in [3.63, 3.8) is 0 Å². The van der Waals surface area contributed by atoms with Crippen molar-refractivity contribution in [2.24, 2.45) is 0 Å². The smallest absolute Gasteiger partial charge is 0.299 e. The number of pyridine rings is 1. The largest absolute Gasteiger partial charge is 0.508 e. The number of halogens is 3. The van der Waals surface area contributed by atoms with Crippen LogP contribution in [0.25, 0.3) is 22.3 Å². The highest BCUT2D eigenvalue weighted by Crippen LogP contribution is 2.35. The number of ketones is 1. The number of carbonyl (C=O) groups excluding carboxylic acids is 1. The Morgan fingerprint density at radius 1 is 1.03 bits per heavy atom. The first kappa shape index (κ1) is 21.5. The molecule has 0 aliphatic carbocycles. The van der Waals surface area contributed by atoms with Gasteiger partial charge in [-0.25, -0.2) is 0 Å². The number of phenols is 1. The van der Waals surface area contributed by atoms with Gasteiger partial charge in [-0.15, -0.1) is 0 Å². The minimum Gasteiger partial charge on any atom is -0.508 e. The average molecular weight is 500 g/mol. The highest BCUT2D eigenvalue weighted by molar-refractivity contribution is 6.37. The Morgan fingerprint density at radius 2 is 1.82 bits per heavy atom. The van der Waals surface area contributed by atoms with Crippen LogP contribution >= 0.6 is 34.8 Å². The van der Waals surface area contributed by atoms with Crippen molar-refractivity contribution < 1.29 is 14.4 Å². The third kappa shape index (κ3) is 3.95. The Morgan fingerprint density at radius 3 is 2.58 bits per heavy atom. The van der Waals surface area contributed by atoms with E-state index in [2.05, 4.69) is 15.1 Å². The van der Waals surface area contributed by atoms with Crippen LogP contribution in [0.5, 0.6) is 5.75 Å². The van der Waals surface area contributed by atoms with E-state index in [0.29, 0.717) is 26.5 Å². The molecule has 3 aromatic heterocycles. The number of carbonyl (C=O) groups is 1. The van der Waals surface area contributed by atoms with E-state index >= 15 is 0 Å². The monoisotopic (exact) mass is 498 g/mol. The molecule has 1 N–H and O–H groups in total. The third-order valence-electron chi connectivity index (χ3n) is 5.11. The predicted octanol–water partition coefficient (Wildman–Crippen LogP) is 6.03. The first-order chi connectivity index (χ1) is 15.9. The maximum absolute atomic E-state index is 13.4. The van der Waals surface area contributed by atoms with Crippen molar-refractivity contribution in [1.29, 1.82) is 0 Å². The van der Waals surface area contributed by atoms with Crippen molar-refractivity contribution in [3.8, 4) is 17.1 Å². The molecule has 164 valence electrons. The second-order valence-electron chi connectivity index (χ2n) is 7.18. The average Bonchev–Trinajstić information content (AvgIpc) is 3.39. The highest BCUT2D eigenvalue weighted by Gasteiger charge is 2.27. The molecule has 7 nitrogen and oxygen atoms in total. The molecular formula is C23H13Cl3N4O3. The fourth-order valence-electron chi connectivity index (χ4n) is 3.54. The lowest BCUT2D eigenvalue weighted by Gasteiger charge is -2.09. The van der Waals surface area contributed by atoms with Gasteiger partial charge in [-0.3, -0.25) is 9.78 Å². The van der Waals surface area contributed by atoms with Crippen LogP contribution in [0, 0.1) is 0 Å². The molecular weight excluding hydrogens is 487 g/mol. The van der Waals surface area contributed by atoms with E-state index in [9.17, 15) is 9.90 Å². The van der Waals surface area contributed by atoms with Crippen molar-refractivity contribution in [2.45, 2.75) is 6.54 Å². The van der Waals surface area contributed by atoms with Gasteiger partial charge in [0.25, 0.3) is 11.7 Å². The number of hydrogen-bond acceptors (Lipinski definition) is 6. The lowest BCUT2D eigenvalue weighted by molar-refractivity contribution is 0.0995. The van der Waals surface area contributed by atoms with E-state index in [-0.39, 0.29) is 34.7 Å². The van der Waals surface area contributed by atoms with Crippen LogP contribution in [0.3, 0.4) is 0 Å². The van der Waals surface area contributed by atoms with Crippen LogP contribution in [0.15, 0.2) is 65.4 Å². The number of phenolic OH excluding ortho intramolecular Hbond substituents is 1. The molecule has 0 aliphatic heterocycles. The number of rotatable bonds is 5. The van der Waals surface area contributed by atoms with Crippen molar-refractivity contribution in [3.05, 3.63) is 93.1 Å². The molecule has 10 heteroatoms. The fourth-order valence-corrected chi connectivity index (χ4v) is 4.35. The third-order valence-corrected chi connectivity index (χ3v) is 6.09. The van der Waals surface area contributed by atoms with Gasteiger partial charge in [-0.05, 0) is 48.0 Å². The molecule has 0 saturated carbocycles. The Labute approximate surface area is 202 Å². The van der Waals surface area contributed by atoms with Crippen LogP contribution < -0.4 is 0 Å². The summed E-state index contributed by atoms with van der Waals surface area (Å²) in [4.78, 5) is 21.6. The maximum Gasteiger partial charge on any atom is 0.299 e. The molecule has 33 heavy (non-hydrogen) atoms. The molecule has 0 atom stereocenters. The summed E-state index contributed by atoms with van der Waals surface area (Å²) in [6, 6.07) is 13.2. The summed E-state index contributed by atoms with van der Waals surface area (Å²) in [5.74, 6) is -0.561. The summed E-state index contributed by atoms with van der Waals surface area (Å²) in [5, 5.41) is 15.5. The van der Waals surface area contributed by atoms with Gasteiger partial charge in [0.2, 0.25) is 5.82 Å². The van der Waals surface area contributed by atoms with Gasteiger partial charge in [-0.2, -0.15) is 4.98 Å². The highest BCUT2D eigenvalue weighted by atomic mass is 35.5. The second-order valence-corrected chi connectivity index (χ2v) is 8.38. The van der Waals surface area contributed by atoms with E-state index in [0.717, 1.165) is 5.56 Å². The minimum atomic E-state index is -0.565. The Balaban J connectivity index is 1.61. The van der Waals surface area contributed by atoms with Crippen LogP contribution in [-0.2, 0) is 6.54 Å². The number of benzene rings is 2. The number of nitrogens with zero attached hydrogens (tertiary/aromatic N) is 4. The summed E-state index contributed by atoms with van der Waals surface area (Å²) < 4.78 is 6.95. The molecule has 0 bridgehead atoms. The van der Waals surface area contributed by atoms with Gasteiger partial charge in [0.15, 0.2) is 0 Å². The lowest BCUT2D eigenvalue weighted by Crippen LogP contribution is -2.04. The Kier molecular flexibility index (Phi) is 5.54. The minimum absolute atomic E-state index is 0.0158. The van der Waals surface area contributed by atoms with Crippen LogP contribution in [0.2, 0.25) is 15.2 Å². The Hall–Kier alpha value is -3.39. The molecule has 0 radical (unpaired) electrons. The van der Waals surface area contributed by atoms with E-state index in [1.807, 2.05) is 0 Å². The zero-order valence-corrected chi connectivity index (χ0v) is 18.9. The topological polar surface area (TPSA) is 94.0 Å². The molecule has 0 aliphatic rings. The first-order valence-corrected chi connectivity index (χ1v) is 10.8. The van der Waals surface area contributed by atoms with Crippen molar-refractivity contribution in [2.75, 3.05) is 0 Å². The first-order valence-electron chi connectivity index (χ1n) is 9.66. The van der Waals surface area contributed by atoms with Crippen LogP contribution in [0.4, 0.5) is 0 Å². The summed E-state index contributed by atoms with van der Waals surface area (Å²) >= 11 is 19.1.